The third-order valence-electron chi connectivity index (χ3n) is 8.18. The molecule has 2 aliphatic carbocycles. The van der Waals surface area contributed by atoms with Gasteiger partial charge in [-0.05, 0) is 61.6 Å². The summed E-state index contributed by atoms with van der Waals surface area (Å²) in [5, 5.41) is 0. The highest BCUT2D eigenvalue weighted by molar-refractivity contribution is 5.69. The Labute approximate surface area is 201 Å². The van der Waals surface area contributed by atoms with E-state index >= 15 is 0 Å². The molecule has 190 valence electrons. The molecule has 7 heteroatoms. The van der Waals surface area contributed by atoms with Crippen molar-refractivity contribution in [2.24, 2.45) is 11.8 Å². The number of ether oxygens (including phenoxy) is 2. The molecule has 1 aromatic rings. The standard InChI is InChI=1S/C27H38F3NO3/c1-33-26(32)15-23-14-24(21-10-12-22(13-11-21)27(28,29)30)25(18-34-23)31(16-19-6-2-3-7-19)17-20-8-4-5-9-20/h10-13,19-20,23-25H,2-9,14-18H2,1H3. The Kier molecular flexibility index (Phi) is 8.57. The minimum atomic E-state index is -4.35. The van der Waals surface area contributed by atoms with Crippen molar-refractivity contribution in [1.82, 2.24) is 4.90 Å². The third-order valence-corrected chi connectivity index (χ3v) is 8.18. The first-order chi connectivity index (χ1) is 16.3. The first-order valence-corrected chi connectivity index (χ1v) is 12.9. The van der Waals surface area contributed by atoms with Gasteiger partial charge in [-0.3, -0.25) is 9.69 Å². The Hall–Kier alpha value is -1.60. The highest BCUT2D eigenvalue weighted by atomic mass is 19.4. The summed E-state index contributed by atoms with van der Waals surface area (Å²) < 4.78 is 50.6. The molecule has 34 heavy (non-hydrogen) atoms. The van der Waals surface area contributed by atoms with Gasteiger partial charge in [-0.2, -0.15) is 13.2 Å². The average molecular weight is 482 g/mol. The quantitative estimate of drug-likeness (QED) is 0.415. The van der Waals surface area contributed by atoms with Gasteiger partial charge in [-0.1, -0.05) is 37.8 Å². The first-order valence-electron chi connectivity index (χ1n) is 12.9. The number of carbonyl (C=O) groups is 1. The largest absolute Gasteiger partial charge is 0.469 e. The Morgan fingerprint density at radius 3 is 2.06 bits per heavy atom. The molecule has 1 heterocycles. The second-order valence-electron chi connectivity index (χ2n) is 10.5. The van der Waals surface area contributed by atoms with E-state index in [9.17, 15) is 18.0 Å². The van der Waals surface area contributed by atoms with Crippen LogP contribution in [0.3, 0.4) is 0 Å². The van der Waals surface area contributed by atoms with Gasteiger partial charge < -0.3 is 9.47 Å². The molecular weight excluding hydrogens is 443 g/mol. The summed E-state index contributed by atoms with van der Waals surface area (Å²) >= 11 is 0. The van der Waals surface area contributed by atoms with Gasteiger partial charge in [0, 0.05) is 25.0 Å². The van der Waals surface area contributed by atoms with Crippen molar-refractivity contribution < 1.29 is 27.4 Å². The molecule has 1 aliphatic heterocycles. The maximum absolute atomic E-state index is 13.2. The minimum Gasteiger partial charge on any atom is -0.469 e. The minimum absolute atomic E-state index is 0.0218. The Bertz CT molecular complexity index is 767. The van der Waals surface area contributed by atoms with Gasteiger partial charge in [-0.25, -0.2) is 0 Å². The molecule has 3 atom stereocenters. The predicted molar refractivity (Wildman–Crippen MR) is 124 cm³/mol. The van der Waals surface area contributed by atoms with Crippen molar-refractivity contribution in [2.45, 2.75) is 88.4 Å². The summed E-state index contributed by atoms with van der Waals surface area (Å²) in [5.74, 6) is 1.07. The number of hydrogen-bond donors (Lipinski definition) is 0. The molecule has 3 fully saturated rings. The van der Waals surface area contributed by atoms with Crippen molar-refractivity contribution in [1.29, 1.82) is 0 Å². The van der Waals surface area contributed by atoms with Crippen LogP contribution < -0.4 is 0 Å². The van der Waals surface area contributed by atoms with E-state index in [0.29, 0.717) is 24.9 Å². The fourth-order valence-electron chi connectivity index (χ4n) is 6.30. The van der Waals surface area contributed by atoms with Crippen LogP contribution in [0.1, 0.15) is 81.3 Å². The van der Waals surface area contributed by atoms with Gasteiger partial charge in [0.2, 0.25) is 0 Å². The number of nitrogens with zero attached hydrogens (tertiary/aromatic N) is 1. The third kappa shape index (κ3) is 6.54. The van der Waals surface area contributed by atoms with E-state index < -0.39 is 11.7 Å². The SMILES string of the molecule is COC(=O)CC1CC(c2ccc(C(F)(F)F)cc2)C(N(CC2CCCC2)CC2CCCC2)CO1. The van der Waals surface area contributed by atoms with Crippen LogP contribution in [0.2, 0.25) is 0 Å². The van der Waals surface area contributed by atoms with Gasteiger partial charge in [-0.15, -0.1) is 0 Å². The molecule has 0 N–H and O–H groups in total. The zero-order valence-electron chi connectivity index (χ0n) is 20.2. The molecule has 0 aromatic heterocycles. The maximum atomic E-state index is 13.2. The molecule has 1 saturated heterocycles. The fraction of sp³-hybridized carbons (Fsp3) is 0.741. The van der Waals surface area contributed by atoms with Crippen molar-refractivity contribution in [3.05, 3.63) is 35.4 Å². The van der Waals surface area contributed by atoms with Crippen molar-refractivity contribution in [3.8, 4) is 0 Å². The average Bonchev–Trinajstić information content (AvgIpc) is 3.52. The molecule has 2 saturated carbocycles. The van der Waals surface area contributed by atoms with Crippen LogP contribution in [0.5, 0.6) is 0 Å². The Morgan fingerprint density at radius 1 is 1.00 bits per heavy atom. The Morgan fingerprint density at radius 2 is 1.56 bits per heavy atom. The smallest absolute Gasteiger partial charge is 0.416 e. The van der Waals surface area contributed by atoms with Gasteiger partial charge in [0.25, 0.3) is 0 Å². The van der Waals surface area contributed by atoms with Gasteiger partial charge in [0.1, 0.15) is 0 Å². The molecule has 0 bridgehead atoms. The summed E-state index contributed by atoms with van der Waals surface area (Å²) in [4.78, 5) is 14.5. The molecule has 4 rings (SSSR count). The molecule has 0 radical (unpaired) electrons. The summed E-state index contributed by atoms with van der Waals surface area (Å²) in [6, 6.07) is 5.74. The second kappa shape index (κ2) is 11.4. The summed E-state index contributed by atoms with van der Waals surface area (Å²) in [5.41, 5.74) is 0.277. The number of rotatable bonds is 8. The van der Waals surface area contributed by atoms with E-state index in [1.807, 2.05) is 0 Å². The number of halogens is 3. The van der Waals surface area contributed by atoms with Gasteiger partial charge in [0.05, 0.1) is 31.8 Å². The zero-order valence-corrected chi connectivity index (χ0v) is 20.2. The molecule has 3 aliphatic rings. The normalized spacial score (nSPS) is 26.9. The number of benzene rings is 1. The number of methoxy groups -OCH3 is 1. The molecule has 4 nitrogen and oxygen atoms in total. The molecule has 0 spiro atoms. The van der Waals surface area contributed by atoms with E-state index in [1.54, 1.807) is 12.1 Å². The molecule has 3 unspecified atom stereocenters. The van der Waals surface area contributed by atoms with Crippen molar-refractivity contribution in [3.63, 3.8) is 0 Å². The van der Waals surface area contributed by atoms with Gasteiger partial charge in [0.15, 0.2) is 0 Å². The van der Waals surface area contributed by atoms with E-state index in [1.165, 1.54) is 70.6 Å². The lowest BCUT2D eigenvalue weighted by Crippen LogP contribution is -2.51. The van der Waals surface area contributed by atoms with Crippen LogP contribution in [-0.4, -0.2) is 49.8 Å². The first kappa shape index (κ1) is 25.5. The second-order valence-corrected chi connectivity index (χ2v) is 10.5. The van der Waals surface area contributed by atoms with E-state index in [4.69, 9.17) is 9.47 Å². The van der Waals surface area contributed by atoms with Crippen LogP contribution in [-0.2, 0) is 20.4 Å². The van der Waals surface area contributed by atoms with E-state index in [0.717, 1.165) is 18.7 Å². The summed E-state index contributed by atoms with van der Waals surface area (Å²) in [6.45, 7) is 2.56. The van der Waals surface area contributed by atoms with E-state index in [2.05, 4.69) is 4.90 Å². The van der Waals surface area contributed by atoms with Crippen LogP contribution in [0, 0.1) is 11.8 Å². The molecule has 1 aromatic carbocycles. The highest BCUT2D eigenvalue weighted by Gasteiger charge is 2.39. The van der Waals surface area contributed by atoms with E-state index in [-0.39, 0.29) is 30.5 Å². The topological polar surface area (TPSA) is 38.8 Å². The summed E-state index contributed by atoms with van der Waals surface area (Å²) in [7, 11) is 1.37. The number of hydrogen-bond acceptors (Lipinski definition) is 4. The highest BCUT2D eigenvalue weighted by Crippen LogP contribution is 2.39. The number of carbonyl (C=O) groups excluding carboxylic acids is 1. The monoisotopic (exact) mass is 481 g/mol. The lowest BCUT2D eigenvalue weighted by molar-refractivity contribution is -0.146. The lowest BCUT2D eigenvalue weighted by Gasteiger charge is -2.44. The fourth-order valence-corrected chi connectivity index (χ4v) is 6.30. The number of alkyl halides is 3. The van der Waals surface area contributed by atoms with Crippen molar-refractivity contribution >= 4 is 5.97 Å². The summed E-state index contributed by atoms with van der Waals surface area (Å²) in [6.07, 6.45) is 6.31. The van der Waals surface area contributed by atoms with Crippen LogP contribution >= 0.6 is 0 Å². The van der Waals surface area contributed by atoms with Crippen LogP contribution in [0.15, 0.2) is 24.3 Å². The maximum Gasteiger partial charge on any atom is 0.416 e. The predicted octanol–water partition coefficient (Wildman–Crippen LogP) is 6.19. The lowest BCUT2D eigenvalue weighted by atomic mass is 9.82. The van der Waals surface area contributed by atoms with Crippen molar-refractivity contribution in [2.75, 3.05) is 26.8 Å². The molecular formula is C27H38F3NO3. The van der Waals surface area contributed by atoms with Crippen LogP contribution in [0.25, 0.3) is 0 Å². The number of esters is 1. The zero-order chi connectivity index (χ0) is 24.1. The molecule has 0 amide bonds. The van der Waals surface area contributed by atoms with Crippen LogP contribution in [0.4, 0.5) is 13.2 Å². The Balaban J connectivity index is 1.58. The van der Waals surface area contributed by atoms with Gasteiger partial charge >= 0.3 is 12.1 Å².